The molecule has 2 aliphatic heterocycles. The summed E-state index contributed by atoms with van der Waals surface area (Å²) < 4.78 is 17.9. The Hall–Kier alpha value is -1.69. The average molecular weight is 414 g/mol. The van der Waals surface area contributed by atoms with Crippen molar-refractivity contribution in [2.75, 3.05) is 7.11 Å². The van der Waals surface area contributed by atoms with Crippen LogP contribution in [0, 0.1) is 28.6 Å². The van der Waals surface area contributed by atoms with E-state index in [2.05, 4.69) is 13.8 Å². The molecule has 30 heavy (non-hydrogen) atoms. The molecule has 162 valence electrons. The van der Waals surface area contributed by atoms with Crippen LogP contribution in [-0.2, 0) is 28.6 Å². The third-order valence-corrected chi connectivity index (χ3v) is 10.2. The molecule has 0 radical (unpaired) electrons. The van der Waals surface area contributed by atoms with Gasteiger partial charge in [-0.25, -0.2) is 0 Å². The molecule has 3 saturated carbocycles. The molecule has 6 heteroatoms. The molecule has 2 saturated heterocycles. The minimum atomic E-state index is -0.424. The van der Waals surface area contributed by atoms with Gasteiger partial charge in [0.2, 0.25) is 0 Å². The predicted molar refractivity (Wildman–Crippen MR) is 105 cm³/mol. The zero-order valence-electron chi connectivity index (χ0n) is 18.0. The first-order chi connectivity index (χ1) is 14.2. The van der Waals surface area contributed by atoms with Gasteiger partial charge in [0.15, 0.2) is 5.78 Å². The number of carbonyl (C=O) groups excluding carboxylic acids is 3. The Bertz CT molecular complexity index is 907. The molecular weight excluding hydrogens is 384 g/mol. The second-order valence-electron chi connectivity index (χ2n) is 11.0. The quantitative estimate of drug-likeness (QED) is 0.484. The van der Waals surface area contributed by atoms with Crippen molar-refractivity contribution < 1.29 is 28.6 Å². The molecule has 0 aromatic heterocycles. The largest absolute Gasteiger partial charge is 0.469 e. The first-order valence-electron chi connectivity index (χ1n) is 11.4. The summed E-state index contributed by atoms with van der Waals surface area (Å²) >= 11 is 0. The van der Waals surface area contributed by atoms with Crippen LogP contribution < -0.4 is 0 Å². The number of carbonyl (C=O) groups is 3. The van der Waals surface area contributed by atoms with E-state index >= 15 is 0 Å². The highest BCUT2D eigenvalue weighted by molar-refractivity contribution is 5.92. The fourth-order valence-corrected chi connectivity index (χ4v) is 8.69. The Labute approximate surface area is 176 Å². The molecule has 6 unspecified atom stereocenters. The van der Waals surface area contributed by atoms with Gasteiger partial charge in [-0.2, -0.15) is 0 Å². The molecule has 0 aromatic rings. The lowest BCUT2D eigenvalue weighted by atomic mass is 9.43. The van der Waals surface area contributed by atoms with E-state index < -0.39 is 11.2 Å². The molecule has 6 rings (SSSR count). The number of hydrogen-bond acceptors (Lipinski definition) is 6. The van der Waals surface area contributed by atoms with E-state index in [1.165, 1.54) is 7.11 Å². The molecule has 4 aliphatic carbocycles. The predicted octanol–water partition coefficient (Wildman–Crippen LogP) is 3.12. The molecule has 0 N–H and O–H groups in total. The number of epoxide rings is 1. The van der Waals surface area contributed by atoms with Crippen LogP contribution >= 0.6 is 0 Å². The van der Waals surface area contributed by atoms with Crippen LogP contribution in [0.1, 0.15) is 65.2 Å². The fraction of sp³-hybridized carbons (Fsp3) is 0.792. The van der Waals surface area contributed by atoms with Crippen molar-refractivity contribution in [2.45, 2.75) is 82.5 Å². The van der Waals surface area contributed by atoms with Gasteiger partial charge in [-0.1, -0.05) is 19.4 Å². The van der Waals surface area contributed by atoms with E-state index in [1.807, 2.05) is 0 Å². The monoisotopic (exact) mass is 414 g/mol. The van der Waals surface area contributed by atoms with Gasteiger partial charge in [-0.15, -0.1) is 0 Å². The van der Waals surface area contributed by atoms with Gasteiger partial charge < -0.3 is 14.2 Å². The standard InChI is InChI=1S/C24H30O6/c1-21-7-4-14(25)10-13(21)11-15(20(27)28-3)19-16-5-8-23(9-6-18(26)30-23)22(16,2)12-17-24(19,21)29-17/h10,15-17,19H,4-9,11-12H2,1-3H3/t15?,16?,17-,19?,21?,22?,23?,24-/m1/s1. The normalized spacial score (nSPS) is 53.2. The summed E-state index contributed by atoms with van der Waals surface area (Å²) in [5.74, 6) is -0.201. The molecule has 8 atom stereocenters. The van der Waals surface area contributed by atoms with E-state index in [9.17, 15) is 14.4 Å². The highest BCUT2D eigenvalue weighted by Gasteiger charge is 2.83. The SMILES string of the molecule is COC(=O)C1CC2=CC(=O)CCC2(C)[C@@]23O[C@@H]2CC2(C)C(CCC24CCC(=O)O4)C13. The summed E-state index contributed by atoms with van der Waals surface area (Å²) in [6.45, 7) is 4.51. The highest BCUT2D eigenvalue weighted by Crippen LogP contribution is 2.78. The average Bonchev–Trinajstić information content (AvgIpc) is 3.20. The zero-order valence-corrected chi connectivity index (χ0v) is 18.0. The molecule has 2 spiro atoms. The Morgan fingerprint density at radius 2 is 1.97 bits per heavy atom. The second-order valence-corrected chi connectivity index (χ2v) is 11.0. The van der Waals surface area contributed by atoms with Crippen LogP contribution in [0.25, 0.3) is 0 Å². The molecule has 0 aromatic carbocycles. The molecular formula is C24H30O6. The number of rotatable bonds is 1. The number of ether oxygens (including phenoxy) is 3. The van der Waals surface area contributed by atoms with Crippen molar-refractivity contribution in [2.24, 2.45) is 28.6 Å². The number of ketones is 1. The highest BCUT2D eigenvalue weighted by atomic mass is 16.6. The van der Waals surface area contributed by atoms with Crippen LogP contribution in [0.15, 0.2) is 11.6 Å². The lowest BCUT2D eigenvalue weighted by molar-refractivity contribution is -0.172. The van der Waals surface area contributed by atoms with Crippen molar-refractivity contribution in [3.8, 4) is 0 Å². The van der Waals surface area contributed by atoms with Gasteiger partial charge in [0, 0.05) is 29.6 Å². The van der Waals surface area contributed by atoms with Crippen LogP contribution in [0.2, 0.25) is 0 Å². The van der Waals surface area contributed by atoms with Crippen molar-refractivity contribution in [3.63, 3.8) is 0 Å². The van der Waals surface area contributed by atoms with Gasteiger partial charge >= 0.3 is 11.9 Å². The Morgan fingerprint density at radius 3 is 2.67 bits per heavy atom. The number of fused-ring (bicyclic) bond motifs is 4. The Kier molecular flexibility index (Phi) is 3.53. The van der Waals surface area contributed by atoms with Crippen molar-refractivity contribution in [1.82, 2.24) is 0 Å². The number of hydrogen-bond donors (Lipinski definition) is 0. The minimum absolute atomic E-state index is 0.0303. The molecule has 6 aliphatic rings. The van der Waals surface area contributed by atoms with Crippen LogP contribution in [0.3, 0.4) is 0 Å². The van der Waals surface area contributed by atoms with Gasteiger partial charge in [0.25, 0.3) is 0 Å². The first kappa shape index (κ1) is 19.0. The lowest BCUT2D eigenvalue weighted by Gasteiger charge is -2.58. The van der Waals surface area contributed by atoms with Crippen LogP contribution in [-0.4, -0.2) is 42.1 Å². The summed E-state index contributed by atoms with van der Waals surface area (Å²) in [6, 6.07) is 0. The van der Waals surface area contributed by atoms with E-state index in [4.69, 9.17) is 14.2 Å². The smallest absolute Gasteiger partial charge is 0.309 e. The molecule has 0 bridgehead atoms. The van der Waals surface area contributed by atoms with E-state index in [0.29, 0.717) is 19.3 Å². The van der Waals surface area contributed by atoms with Crippen LogP contribution in [0.5, 0.6) is 0 Å². The fourth-order valence-electron chi connectivity index (χ4n) is 8.69. The number of methoxy groups -OCH3 is 1. The van der Waals surface area contributed by atoms with Crippen molar-refractivity contribution >= 4 is 17.7 Å². The number of esters is 2. The third kappa shape index (κ3) is 1.94. The maximum atomic E-state index is 13.0. The molecule has 6 nitrogen and oxygen atoms in total. The molecule has 5 fully saturated rings. The summed E-state index contributed by atoms with van der Waals surface area (Å²) in [5.41, 5.74) is -0.175. The van der Waals surface area contributed by atoms with Crippen LogP contribution in [0.4, 0.5) is 0 Å². The summed E-state index contributed by atoms with van der Waals surface area (Å²) in [4.78, 5) is 37.4. The Morgan fingerprint density at radius 1 is 1.17 bits per heavy atom. The second kappa shape index (κ2) is 5.56. The van der Waals surface area contributed by atoms with Gasteiger partial charge in [-0.05, 0) is 50.5 Å². The summed E-state index contributed by atoms with van der Waals surface area (Å²) in [5, 5.41) is 0. The van der Waals surface area contributed by atoms with Gasteiger partial charge in [0.05, 0.1) is 19.1 Å². The topological polar surface area (TPSA) is 82.2 Å². The van der Waals surface area contributed by atoms with Crippen molar-refractivity contribution in [3.05, 3.63) is 11.6 Å². The lowest BCUT2D eigenvalue weighted by Crippen LogP contribution is -2.63. The first-order valence-corrected chi connectivity index (χ1v) is 11.4. The van der Waals surface area contributed by atoms with E-state index in [-0.39, 0.29) is 52.4 Å². The van der Waals surface area contributed by atoms with E-state index in [1.54, 1.807) is 6.08 Å². The maximum absolute atomic E-state index is 13.0. The third-order valence-electron chi connectivity index (χ3n) is 10.2. The molecule has 2 heterocycles. The van der Waals surface area contributed by atoms with E-state index in [0.717, 1.165) is 37.7 Å². The van der Waals surface area contributed by atoms with Gasteiger partial charge in [0.1, 0.15) is 11.2 Å². The summed E-state index contributed by atoms with van der Waals surface area (Å²) in [6.07, 6.45) is 7.61. The van der Waals surface area contributed by atoms with Gasteiger partial charge in [-0.3, -0.25) is 14.4 Å². The maximum Gasteiger partial charge on any atom is 0.309 e. The summed E-state index contributed by atoms with van der Waals surface area (Å²) in [7, 11) is 1.45. The Balaban J connectivity index is 1.49. The minimum Gasteiger partial charge on any atom is -0.469 e. The zero-order chi connectivity index (χ0) is 21.1. The molecule has 0 amide bonds. The van der Waals surface area contributed by atoms with Crippen molar-refractivity contribution in [1.29, 1.82) is 0 Å².